The Kier molecular flexibility index (Phi) is 4.38. The maximum absolute atomic E-state index is 10.0. The summed E-state index contributed by atoms with van der Waals surface area (Å²) in [6.07, 6.45) is 3.34. The Morgan fingerprint density at radius 2 is 2.12 bits per heavy atom. The molecule has 3 nitrogen and oxygen atoms in total. The predicted octanol–water partition coefficient (Wildman–Crippen LogP) is 1.60. The lowest BCUT2D eigenvalue weighted by Gasteiger charge is -2.42. The van der Waals surface area contributed by atoms with Gasteiger partial charge in [0.2, 0.25) is 0 Å². The molecule has 1 aliphatic rings. The Morgan fingerprint density at radius 3 is 2.62 bits per heavy atom. The van der Waals surface area contributed by atoms with Gasteiger partial charge in [-0.2, -0.15) is 0 Å². The zero-order chi connectivity index (χ0) is 12.4. The summed E-state index contributed by atoms with van der Waals surface area (Å²) in [5.41, 5.74) is 5.27. The number of rotatable bonds is 4. The van der Waals surface area contributed by atoms with Crippen molar-refractivity contribution in [2.45, 2.75) is 58.6 Å². The molecule has 2 unspecified atom stereocenters. The van der Waals surface area contributed by atoms with Crippen molar-refractivity contribution in [3.8, 4) is 0 Å². The minimum Gasteiger partial charge on any atom is -0.389 e. The van der Waals surface area contributed by atoms with Gasteiger partial charge in [0.15, 0.2) is 0 Å². The first kappa shape index (κ1) is 13.9. The van der Waals surface area contributed by atoms with E-state index in [9.17, 15) is 5.11 Å². The van der Waals surface area contributed by atoms with E-state index in [1.807, 2.05) is 6.92 Å². The first-order valence-corrected chi connectivity index (χ1v) is 6.42. The third-order valence-corrected chi connectivity index (χ3v) is 3.73. The second-order valence-corrected chi connectivity index (χ2v) is 6.49. The van der Waals surface area contributed by atoms with Gasteiger partial charge in [-0.05, 0) is 45.1 Å². The first-order valence-electron chi connectivity index (χ1n) is 6.42. The Bertz CT molecular complexity index is 226. The fourth-order valence-corrected chi connectivity index (χ4v) is 2.69. The molecule has 0 aromatic carbocycles. The Balaban J connectivity index is 2.51. The standard InChI is InChI=1S/C13H28N2O/c1-11(8-13(4,16)9-14)15-7-5-6-12(2,3)10-15/h11,16H,5-10,14H2,1-4H3. The molecule has 0 spiro atoms. The molecule has 0 saturated carbocycles. The minimum atomic E-state index is -0.721. The highest BCUT2D eigenvalue weighted by Crippen LogP contribution is 2.30. The fourth-order valence-electron chi connectivity index (χ4n) is 2.69. The molecule has 0 aromatic rings. The van der Waals surface area contributed by atoms with Crippen LogP contribution in [0.25, 0.3) is 0 Å². The highest BCUT2D eigenvalue weighted by molar-refractivity contribution is 4.86. The van der Waals surface area contributed by atoms with Gasteiger partial charge in [-0.25, -0.2) is 0 Å². The summed E-state index contributed by atoms with van der Waals surface area (Å²) in [4.78, 5) is 2.49. The minimum absolute atomic E-state index is 0.342. The topological polar surface area (TPSA) is 49.5 Å². The lowest BCUT2D eigenvalue weighted by molar-refractivity contribution is 0.00888. The molecular formula is C13H28N2O. The van der Waals surface area contributed by atoms with Crippen LogP contribution in [0.15, 0.2) is 0 Å². The highest BCUT2D eigenvalue weighted by Gasteiger charge is 2.31. The molecule has 0 amide bonds. The second-order valence-electron chi connectivity index (χ2n) is 6.49. The van der Waals surface area contributed by atoms with Crippen LogP contribution in [-0.2, 0) is 0 Å². The van der Waals surface area contributed by atoms with Gasteiger partial charge in [-0.1, -0.05) is 13.8 Å². The third-order valence-electron chi connectivity index (χ3n) is 3.73. The van der Waals surface area contributed by atoms with Crippen molar-refractivity contribution in [3.63, 3.8) is 0 Å². The smallest absolute Gasteiger partial charge is 0.0756 e. The van der Waals surface area contributed by atoms with Gasteiger partial charge in [-0.3, -0.25) is 0 Å². The maximum Gasteiger partial charge on any atom is 0.0756 e. The average molecular weight is 228 g/mol. The number of nitrogens with zero attached hydrogens (tertiary/aromatic N) is 1. The quantitative estimate of drug-likeness (QED) is 0.768. The molecule has 3 heteroatoms. The van der Waals surface area contributed by atoms with E-state index >= 15 is 0 Å². The van der Waals surface area contributed by atoms with Crippen LogP contribution in [0.3, 0.4) is 0 Å². The van der Waals surface area contributed by atoms with Gasteiger partial charge in [0, 0.05) is 19.1 Å². The van der Waals surface area contributed by atoms with Crippen LogP contribution in [-0.4, -0.2) is 41.3 Å². The van der Waals surface area contributed by atoms with Crippen LogP contribution in [0.5, 0.6) is 0 Å². The zero-order valence-electron chi connectivity index (χ0n) is 11.3. The molecule has 1 rings (SSSR count). The Labute approximate surface area is 100 Å². The summed E-state index contributed by atoms with van der Waals surface area (Å²) in [5.74, 6) is 0. The van der Waals surface area contributed by atoms with Gasteiger partial charge in [-0.15, -0.1) is 0 Å². The van der Waals surface area contributed by atoms with Crippen molar-refractivity contribution < 1.29 is 5.11 Å². The van der Waals surface area contributed by atoms with E-state index in [1.165, 1.54) is 12.8 Å². The molecule has 0 bridgehead atoms. The fraction of sp³-hybridized carbons (Fsp3) is 1.00. The normalized spacial score (nSPS) is 27.4. The summed E-state index contributed by atoms with van der Waals surface area (Å²) in [6.45, 7) is 11.3. The van der Waals surface area contributed by atoms with Crippen molar-refractivity contribution in [2.75, 3.05) is 19.6 Å². The summed E-state index contributed by atoms with van der Waals surface area (Å²) in [7, 11) is 0. The molecule has 1 heterocycles. The predicted molar refractivity (Wildman–Crippen MR) is 68.3 cm³/mol. The van der Waals surface area contributed by atoms with Crippen LogP contribution >= 0.6 is 0 Å². The summed E-state index contributed by atoms with van der Waals surface area (Å²) < 4.78 is 0. The molecule has 16 heavy (non-hydrogen) atoms. The molecule has 0 radical (unpaired) electrons. The van der Waals surface area contributed by atoms with Crippen molar-refractivity contribution in [1.82, 2.24) is 4.90 Å². The first-order chi connectivity index (χ1) is 7.26. The molecule has 3 N–H and O–H groups in total. The maximum atomic E-state index is 10.0. The van der Waals surface area contributed by atoms with Gasteiger partial charge in [0.1, 0.15) is 0 Å². The van der Waals surface area contributed by atoms with E-state index in [-0.39, 0.29) is 0 Å². The van der Waals surface area contributed by atoms with Gasteiger partial charge in [0.05, 0.1) is 5.60 Å². The zero-order valence-corrected chi connectivity index (χ0v) is 11.3. The number of hydrogen-bond donors (Lipinski definition) is 2. The van der Waals surface area contributed by atoms with Gasteiger partial charge < -0.3 is 15.7 Å². The highest BCUT2D eigenvalue weighted by atomic mass is 16.3. The Morgan fingerprint density at radius 1 is 1.50 bits per heavy atom. The van der Waals surface area contributed by atoms with Crippen molar-refractivity contribution in [3.05, 3.63) is 0 Å². The number of piperidine rings is 1. The summed E-state index contributed by atoms with van der Waals surface area (Å²) in [6, 6.07) is 0.415. The van der Waals surface area contributed by atoms with E-state index in [4.69, 9.17) is 5.73 Å². The van der Waals surface area contributed by atoms with Crippen molar-refractivity contribution >= 4 is 0 Å². The van der Waals surface area contributed by atoms with E-state index in [2.05, 4.69) is 25.7 Å². The lowest BCUT2D eigenvalue weighted by Crippen LogP contribution is -2.48. The van der Waals surface area contributed by atoms with Crippen LogP contribution in [0, 0.1) is 5.41 Å². The molecular weight excluding hydrogens is 200 g/mol. The van der Waals surface area contributed by atoms with Crippen LogP contribution in [0.2, 0.25) is 0 Å². The van der Waals surface area contributed by atoms with Crippen molar-refractivity contribution in [1.29, 1.82) is 0 Å². The van der Waals surface area contributed by atoms with Crippen LogP contribution in [0.1, 0.15) is 47.0 Å². The van der Waals surface area contributed by atoms with E-state index in [0.717, 1.165) is 19.5 Å². The number of aliphatic hydroxyl groups is 1. The van der Waals surface area contributed by atoms with Crippen LogP contribution < -0.4 is 5.73 Å². The molecule has 96 valence electrons. The average Bonchev–Trinajstić information content (AvgIpc) is 2.15. The number of likely N-dealkylation sites (tertiary alicyclic amines) is 1. The lowest BCUT2D eigenvalue weighted by atomic mass is 9.83. The molecule has 1 saturated heterocycles. The van der Waals surface area contributed by atoms with Gasteiger partial charge >= 0.3 is 0 Å². The summed E-state index contributed by atoms with van der Waals surface area (Å²) in [5, 5.41) is 10.0. The Hall–Kier alpha value is -0.120. The number of hydrogen-bond acceptors (Lipinski definition) is 3. The van der Waals surface area contributed by atoms with E-state index in [1.54, 1.807) is 0 Å². The third kappa shape index (κ3) is 4.04. The number of nitrogens with two attached hydrogens (primary N) is 1. The molecule has 2 atom stereocenters. The van der Waals surface area contributed by atoms with Gasteiger partial charge in [0.25, 0.3) is 0 Å². The van der Waals surface area contributed by atoms with E-state index in [0.29, 0.717) is 18.0 Å². The second kappa shape index (κ2) is 5.03. The SMILES string of the molecule is CC(CC(C)(O)CN)N1CCCC(C)(C)C1. The largest absolute Gasteiger partial charge is 0.389 e. The molecule has 1 aliphatic heterocycles. The summed E-state index contributed by atoms with van der Waals surface area (Å²) >= 11 is 0. The molecule has 1 fully saturated rings. The monoisotopic (exact) mass is 228 g/mol. The van der Waals surface area contributed by atoms with E-state index < -0.39 is 5.60 Å². The van der Waals surface area contributed by atoms with Crippen molar-refractivity contribution in [2.24, 2.45) is 11.1 Å². The molecule has 0 aliphatic carbocycles. The van der Waals surface area contributed by atoms with Crippen LogP contribution in [0.4, 0.5) is 0 Å². The molecule has 0 aromatic heterocycles.